The van der Waals surface area contributed by atoms with Crippen molar-refractivity contribution >= 4 is 61.9 Å². The van der Waals surface area contributed by atoms with Gasteiger partial charge in [-0.3, -0.25) is 19.8 Å². The van der Waals surface area contributed by atoms with Crippen LogP contribution in [0.5, 0.6) is 0 Å². The molecule has 2 aliphatic heterocycles. The molecule has 2 aromatic rings. The van der Waals surface area contributed by atoms with Crippen LogP contribution in [0.15, 0.2) is 59.9 Å². The van der Waals surface area contributed by atoms with Gasteiger partial charge in [0.2, 0.25) is 5.70 Å². The minimum absolute atomic E-state index is 0.0180. The average molecular weight is 745 g/mol. The van der Waals surface area contributed by atoms with Crippen LogP contribution >= 0.6 is 11.3 Å². The van der Waals surface area contributed by atoms with E-state index in [0.29, 0.717) is 18.5 Å². The van der Waals surface area contributed by atoms with Crippen LogP contribution in [0, 0.1) is 13.8 Å². The average Bonchev–Trinajstić information content (AvgIpc) is 3.51. The predicted molar refractivity (Wildman–Crippen MR) is 169 cm³/mol. The monoisotopic (exact) mass is 744 g/mol. The van der Waals surface area contributed by atoms with Crippen molar-refractivity contribution in [2.45, 2.75) is 44.3 Å². The number of nitrogens with one attached hydrogen (secondary N) is 2. The van der Waals surface area contributed by atoms with E-state index in [1.54, 1.807) is 0 Å². The third kappa shape index (κ3) is 9.30. The van der Waals surface area contributed by atoms with Gasteiger partial charge in [-0.05, 0) is 19.4 Å². The first-order valence-electron chi connectivity index (χ1n) is 14.2. The minimum atomic E-state index is -6.09. The number of hydrogen-bond donors (Lipinski definition) is 2. The Kier molecular flexibility index (Phi) is 13.0. The third-order valence-corrected chi connectivity index (χ3v) is 8.11. The maximum atomic E-state index is 13.5. The van der Waals surface area contributed by atoms with E-state index in [4.69, 9.17) is 27.3 Å². The molecule has 3 amide bonds. The Morgan fingerprint density at radius 1 is 1.20 bits per heavy atom. The van der Waals surface area contributed by atoms with Crippen LogP contribution in [-0.2, 0) is 38.8 Å². The molecule has 21 heteroatoms. The van der Waals surface area contributed by atoms with Crippen molar-refractivity contribution in [3.63, 3.8) is 0 Å². The van der Waals surface area contributed by atoms with Crippen LogP contribution in [-0.4, -0.2) is 90.4 Å². The summed E-state index contributed by atoms with van der Waals surface area (Å²) in [6, 6.07) is 2.49. The quantitative estimate of drug-likeness (QED) is 0.0498. The molecule has 0 bridgehead atoms. The zero-order chi connectivity index (χ0) is 37.4. The van der Waals surface area contributed by atoms with Gasteiger partial charge in [0, 0.05) is 30.4 Å². The van der Waals surface area contributed by atoms with Crippen LogP contribution in [0.25, 0.3) is 5.70 Å². The van der Waals surface area contributed by atoms with Gasteiger partial charge in [-0.25, -0.2) is 23.0 Å². The number of allylic oxidation sites excluding steroid dienone is 1. The second-order valence-corrected chi connectivity index (χ2v) is 12.5. The molecule has 4 rings (SSSR count). The number of aryl methyl sites for hydroxylation is 2. The lowest BCUT2D eigenvalue weighted by Gasteiger charge is -2.49. The third-order valence-electron chi connectivity index (χ3n) is 6.78. The molecule has 2 aliphatic rings. The van der Waals surface area contributed by atoms with Gasteiger partial charge in [0.15, 0.2) is 38.5 Å². The van der Waals surface area contributed by atoms with Crippen molar-refractivity contribution in [3.05, 3.63) is 71.7 Å². The summed E-state index contributed by atoms with van der Waals surface area (Å²) < 4.78 is 71.0. The number of carbonyl (C=O) groups excluding carboxylic acids is 4. The smallest absolute Gasteiger partial charge is 0.485 e. The minimum Gasteiger partial charge on any atom is -0.741 e. The van der Waals surface area contributed by atoms with Crippen LogP contribution in [0.2, 0.25) is 0 Å². The van der Waals surface area contributed by atoms with Crippen molar-refractivity contribution in [3.8, 4) is 0 Å². The number of ether oxygens (including phenoxy) is 2. The van der Waals surface area contributed by atoms with E-state index in [-0.39, 0.29) is 35.4 Å². The van der Waals surface area contributed by atoms with Gasteiger partial charge in [-0.2, -0.15) is 17.7 Å². The lowest BCUT2D eigenvalue weighted by Crippen LogP contribution is -2.72. The van der Waals surface area contributed by atoms with Crippen molar-refractivity contribution < 1.29 is 64.2 Å². The summed E-state index contributed by atoms with van der Waals surface area (Å²) in [6.07, 6.45) is 4.97. The van der Waals surface area contributed by atoms with Crippen molar-refractivity contribution in [1.82, 2.24) is 15.2 Å². The van der Waals surface area contributed by atoms with Gasteiger partial charge in [0.1, 0.15) is 32.1 Å². The second kappa shape index (κ2) is 16.5. The zero-order valence-electron chi connectivity index (χ0n) is 26.7. The Bertz CT molecular complexity index is 1840. The molecule has 0 spiro atoms. The van der Waals surface area contributed by atoms with E-state index in [0.717, 1.165) is 22.6 Å². The van der Waals surface area contributed by atoms with Gasteiger partial charge in [0.05, 0.1) is 6.04 Å². The predicted octanol–water partition coefficient (Wildman–Crippen LogP) is 2.27. The molecule has 1 unspecified atom stereocenters. The fourth-order valence-electron chi connectivity index (χ4n) is 4.65. The number of pyridine rings is 1. The number of aromatic nitrogens is 2. The lowest BCUT2D eigenvalue weighted by molar-refractivity contribution is -0.592. The van der Waals surface area contributed by atoms with Gasteiger partial charge in [0.25, 0.3) is 11.8 Å². The Morgan fingerprint density at radius 3 is 2.44 bits per heavy atom. The molecular weight excluding hydrogens is 713 g/mol. The van der Waals surface area contributed by atoms with E-state index in [1.165, 1.54) is 29.5 Å². The highest BCUT2D eigenvalue weighted by Crippen LogP contribution is 2.37. The van der Waals surface area contributed by atoms with Gasteiger partial charge in [-0.1, -0.05) is 30.5 Å². The normalized spacial score (nSPS) is 17.3. The molecule has 1 fully saturated rings. The molecule has 4 heterocycles. The number of halogens is 3. The van der Waals surface area contributed by atoms with Gasteiger partial charge in [-0.15, -0.1) is 11.3 Å². The molecule has 2 atom stereocenters. The van der Waals surface area contributed by atoms with Gasteiger partial charge < -0.3 is 24.2 Å². The maximum Gasteiger partial charge on any atom is 0.485 e. The van der Waals surface area contributed by atoms with E-state index >= 15 is 0 Å². The summed E-state index contributed by atoms with van der Waals surface area (Å²) in [5, 5.41) is 10.6. The molecule has 0 saturated carbocycles. The standard InChI is InChI=1S/C28H30N6O7S.CHF3O3S/c1-6-12-40-26(37)23-20(33-14-16(3)8-9-17(33)4)11-10-19-22(25(36)34(19)23)30-24(35)21(32-39-5)18-15-42-27(29-18)31-28(38)41-13-7-2;2-1(3,4)8(5,6)7/h6-9,14-15,19,22H,1-2,10-13H2,3-5H3,(H-,29,30,31,35,38);(H,5,6,7)/t19?,22-;/m0./s1. The number of nitrogens with zero attached hydrogens (tertiary/aromatic N) is 4. The SMILES string of the molecule is C=CCOC(=O)Nc1nc(C(=NOC)C(=O)N[C@@H]2C(=O)N3C(C(=O)OCC=C)=C([n+]4cc(C)ccc4C)CCC23)cs1.O=S(=O)([O-])C(F)(F)F. The number of thiazole rings is 1. The molecule has 50 heavy (non-hydrogen) atoms. The Labute approximate surface area is 287 Å². The number of fused-ring (bicyclic) bond motifs is 1. The van der Waals surface area contributed by atoms with Crippen LogP contribution in [0.1, 0.15) is 29.8 Å². The number of anilines is 1. The molecule has 16 nitrogen and oxygen atoms in total. The number of hydrogen-bond acceptors (Lipinski definition) is 13. The zero-order valence-corrected chi connectivity index (χ0v) is 28.3. The van der Waals surface area contributed by atoms with Gasteiger partial charge >= 0.3 is 17.6 Å². The summed E-state index contributed by atoms with van der Waals surface area (Å²) in [6.45, 7) is 10.9. The van der Waals surface area contributed by atoms with Crippen LogP contribution in [0.3, 0.4) is 0 Å². The van der Waals surface area contributed by atoms with Crippen molar-refractivity contribution in [2.24, 2.45) is 5.16 Å². The number of oxime groups is 1. The summed E-state index contributed by atoms with van der Waals surface area (Å²) in [7, 11) is -4.83. The fourth-order valence-corrected chi connectivity index (χ4v) is 5.33. The molecule has 2 aromatic heterocycles. The number of esters is 1. The molecule has 2 N–H and O–H groups in total. The Morgan fingerprint density at radius 2 is 1.84 bits per heavy atom. The lowest BCUT2D eigenvalue weighted by atomic mass is 9.85. The van der Waals surface area contributed by atoms with Crippen molar-refractivity contribution in [1.29, 1.82) is 0 Å². The molecular formula is C29H31F3N6O10S2. The summed E-state index contributed by atoms with van der Waals surface area (Å²) in [4.78, 5) is 62.2. The Hall–Kier alpha value is -5.15. The molecule has 0 aromatic carbocycles. The first kappa shape index (κ1) is 39.3. The van der Waals surface area contributed by atoms with Crippen LogP contribution in [0.4, 0.5) is 23.1 Å². The number of rotatable bonds is 11. The number of amides is 3. The van der Waals surface area contributed by atoms with E-state index < -0.39 is 51.6 Å². The van der Waals surface area contributed by atoms with Crippen LogP contribution < -0.4 is 15.2 Å². The topological polar surface area (TPSA) is 210 Å². The second-order valence-electron chi connectivity index (χ2n) is 10.2. The Balaban J connectivity index is 0.000000753. The summed E-state index contributed by atoms with van der Waals surface area (Å²) in [5.41, 5.74) is -3.10. The van der Waals surface area contributed by atoms with E-state index in [9.17, 15) is 32.3 Å². The molecule has 0 aliphatic carbocycles. The largest absolute Gasteiger partial charge is 0.741 e. The number of carbonyl (C=O) groups is 4. The fraction of sp³-hybridized carbons (Fsp3) is 0.345. The highest BCUT2D eigenvalue weighted by Gasteiger charge is 2.56. The number of β-lactam (4-membered cyclic amide) rings is 1. The molecule has 1 saturated heterocycles. The first-order valence-corrected chi connectivity index (χ1v) is 16.5. The van der Waals surface area contributed by atoms with Crippen molar-refractivity contribution in [2.75, 3.05) is 25.6 Å². The number of alkyl halides is 3. The van der Waals surface area contributed by atoms with E-state index in [1.807, 2.05) is 36.7 Å². The molecule has 270 valence electrons. The maximum absolute atomic E-state index is 13.5. The van der Waals surface area contributed by atoms with E-state index in [2.05, 4.69) is 33.9 Å². The molecule has 0 radical (unpaired) electrons. The summed E-state index contributed by atoms with van der Waals surface area (Å²) >= 11 is 1.04. The highest BCUT2D eigenvalue weighted by atomic mass is 32.2. The summed E-state index contributed by atoms with van der Waals surface area (Å²) in [5.74, 6) is -1.84. The highest BCUT2D eigenvalue weighted by molar-refractivity contribution is 7.86. The first-order chi connectivity index (χ1) is 23.4.